The number of benzene rings is 2. The second-order valence-electron chi connectivity index (χ2n) is 4.91. The first-order valence-electron chi connectivity index (χ1n) is 6.88. The largest absolute Gasteiger partial charge is 0.497 e. The zero-order valence-electron chi connectivity index (χ0n) is 12.2. The van der Waals surface area contributed by atoms with Gasteiger partial charge in [0, 0.05) is 23.2 Å². The predicted octanol–water partition coefficient (Wildman–Crippen LogP) is 4.13. The molecule has 0 radical (unpaired) electrons. The van der Waals surface area contributed by atoms with Crippen molar-refractivity contribution >= 4 is 10.8 Å². The quantitative estimate of drug-likeness (QED) is 0.719. The molecule has 0 spiro atoms. The van der Waals surface area contributed by atoms with Gasteiger partial charge in [0.25, 0.3) is 0 Å². The van der Waals surface area contributed by atoms with Crippen LogP contribution in [-0.2, 0) is 6.61 Å². The maximum Gasteiger partial charge on any atom is 0.130 e. The van der Waals surface area contributed by atoms with Crippen LogP contribution >= 0.6 is 0 Å². The molecule has 0 amide bonds. The Morgan fingerprint density at radius 3 is 2.67 bits per heavy atom. The number of rotatable bonds is 4. The molecule has 3 rings (SSSR count). The zero-order chi connectivity index (χ0) is 14.7. The Hall–Kier alpha value is -2.55. The average Bonchev–Trinajstić information content (AvgIpc) is 2.52. The second-order valence-corrected chi connectivity index (χ2v) is 4.91. The standard InChI is InChI=1S/C18H17NO2/c1-13-10-16(20-2)11-15(19-13)12-21-18-9-5-7-14-6-3-4-8-17(14)18/h3-11H,12H2,1-2H3. The van der Waals surface area contributed by atoms with Crippen LogP contribution in [0.4, 0.5) is 0 Å². The van der Waals surface area contributed by atoms with Crippen molar-refractivity contribution in [2.24, 2.45) is 0 Å². The van der Waals surface area contributed by atoms with Crippen molar-refractivity contribution in [1.29, 1.82) is 0 Å². The number of fused-ring (bicyclic) bond motifs is 1. The summed E-state index contributed by atoms with van der Waals surface area (Å²) in [6, 6.07) is 18.1. The summed E-state index contributed by atoms with van der Waals surface area (Å²) >= 11 is 0. The predicted molar refractivity (Wildman–Crippen MR) is 83.8 cm³/mol. The summed E-state index contributed by atoms with van der Waals surface area (Å²) in [6.07, 6.45) is 0. The van der Waals surface area contributed by atoms with Gasteiger partial charge < -0.3 is 9.47 Å². The lowest BCUT2D eigenvalue weighted by atomic mass is 10.1. The smallest absolute Gasteiger partial charge is 0.130 e. The molecular weight excluding hydrogens is 262 g/mol. The minimum atomic E-state index is 0.423. The fraction of sp³-hybridized carbons (Fsp3) is 0.167. The molecule has 0 saturated carbocycles. The van der Waals surface area contributed by atoms with E-state index in [9.17, 15) is 0 Å². The van der Waals surface area contributed by atoms with Crippen molar-refractivity contribution in [3.63, 3.8) is 0 Å². The third-order valence-electron chi connectivity index (χ3n) is 3.34. The fourth-order valence-corrected chi connectivity index (χ4v) is 2.37. The molecule has 0 atom stereocenters. The molecule has 1 aromatic heterocycles. The highest BCUT2D eigenvalue weighted by atomic mass is 16.5. The molecular formula is C18H17NO2. The number of methoxy groups -OCH3 is 1. The molecule has 0 aliphatic carbocycles. The third kappa shape index (κ3) is 2.97. The first-order valence-corrected chi connectivity index (χ1v) is 6.88. The molecule has 1 heterocycles. The highest BCUT2D eigenvalue weighted by Crippen LogP contribution is 2.26. The molecule has 0 aliphatic heterocycles. The lowest BCUT2D eigenvalue weighted by molar-refractivity contribution is 0.303. The van der Waals surface area contributed by atoms with Crippen LogP contribution < -0.4 is 9.47 Å². The van der Waals surface area contributed by atoms with Crippen LogP contribution in [0.1, 0.15) is 11.4 Å². The molecule has 0 aliphatic rings. The average molecular weight is 279 g/mol. The van der Waals surface area contributed by atoms with Gasteiger partial charge in [-0.3, -0.25) is 4.98 Å². The van der Waals surface area contributed by atoms with Crippen LogP contribution in [0, 0.1) is 6.92 Å². The van der Waals surface area contributed by atoms with Crippen LogP contribution in [0.25, 0.3) is 10.8 Å². The Kier molecular flexibility index (Phi) is 3.73. The van der Waals surface area contributed by atoms with Crippen molar-refractivity contribution in [1.82, 2.24) is 4.98 Å². The Balaban J connectivity index is 1.85. The Labute approximate surface area is 124 Å². The summed E-state index contributed by atoms with van der Waals surface area (Å²) in [5, 5.41) is 2.28. The summed E-state index contributed by atoms with van der Waals surface area (Å²) in [5.74, 6) is 1.68. The van der Waals surface area contributed by atoms with Crippen LogP contribution in [0.2, 0.25) is 0 Å². The van der Waals surface area contributed by atoms with E-state index in [-0.39, 0.29) is 0 Å². The van der Waals surface area contributed by atoms with Crippen LogP contribution in [0.3, 0.4) is 0 Å². The van der Waals surface area contributed by atoms with Gasteiger partial charge in [-0.25, -0.2) is 0 Å². The molecule has 3 heteroatoms. The Bertz CT molecular complexity index is 763. The van der Waals surface area contributed by atoms with Gasteiger partial charge in [0.2, 0.25) is 0 Å². The number of aromatic nitrogens is 1. The number of nitrogens with zero attached hydrogens (tertiary/aromatic N) is 1. The molecule has 3 nitrogen and oxygen atoms in total. The van der Waals surface area contributed by atoms with E-state index in [2.05, 4.69) is 23.2 Å². The van der Waals surface area contributed by atoms with E-state index in [1.54, 1.807) is 7.11 Å². The molecule has 0 unspecified atom stereocenters. The number of hydrogen-bond acceptors (Lipinski definition) is 3. The monoisotopic (exact) mass is 279 g/mol. The van der Waals surface area contributed by atoms with E-state index >= 15 is 0 Å². The van der Waals surface area contributed by atoms with Crippen molar-refractivity contribution < 1.29 is 9.47 Å². The van der Waals surface area contributed by atoms with Crippen molar-refractivity contribution in [2.75, 3.05) is 7.11 Å². The Morgan fingerprint density at radius 1 is 1.00 bits per heavy atom. The van der Waals surface area contributed by atoms with E-state index < -0.39 is 0 Å². The SMILES string of the molecule is COc1cc(C)nc(COc2cccc3ccccc23)c1. The van der Waals surface area contributed by atoms with Crippen LogP contribution in [-0.4, -0.2) is 12.1 Å². The molecule has 0 N–H and O–H groups in total. The Morgan fingerprint density at radius 2 is 1.81 bits per heavy atom. The van der Waals surface area contributed by atoms with E-state index in [1.807, 2.05) is 43.3 Å². The highest BCUT2D eigenvalue weighted by molar-refractivity contribution is 5.88. The van der Waals surface area contributed by atoms with Crippen molar-refractivity contribution in [3.8, 4) is 11.5 Å². The number of pyridine rings is 1. The van der Waals surface area contributed by atoms with Crippen LogP contribution in [0.5, 0.6) is 11.5 Å². The first-order chi connectivity index (χ1) is 10.3. The fourth-order valence-electron chi connectivity index (χ4n) is 2.37. The maximum absolute atomic E-state index is 5.94. The van der Waals surface area contributed by atoms with E-state index in [1.165, 1.54) is 5.39 Å². The summed E-state index contributed by atoms with van der Waals surface area (Å²) < 4.78 is 11.2. The van der Waals surface area contributed by atoms with Crippen LogP contribution in [0.15, 0.2) is 54.6 Å². The second kappa shape index (κ2) is 5.83. The summed E-state index contributed by atoms with van der Waals surface area (Å²) in [6.45, 7) is 2.37. The summed E-state index contributed by atoms with van der Waals surface area (Å²) in [4.78, 5) is 4.47. The van der Waals surface area contributed by atoms with Gasteiger partial charge in [-0.05, 0) is 18.4 Å². The van der Waals surface area contributed by atoms with Crippen molar-refractivity contribution in [2.45, 2.75) is 13.5 Å². The van der Waals surface area contributed by atoms with E-state index in [0.29, 0.717) is 6.61 Å². The summed E-state index contributed by atoms with van der Waals surface area (Å²) in [7, 11) is 1.66. The van der Waals surface area contributed by atoms with E-state index in [4.69, 9.17) is 9.47 Å². The van der Waals surface area contributed by atoms with Gasteiger partial charge in [0.05, 0.1) is 12.8 Å². The molecule has 21 heavy (non-hydrogen) atoms. The van der Waals surface area contributed by atoms with Gasteiger partial charge in [-0.2, -0.15) is 0 Å². The first kappa shape index (κ1) is 13.4. The minimum Gasteiger partial charge on any atom is -0.497 e. The van der Waals surface area contributed by atoms with Crippen molar-refractivity contribution in [3.05, 3.63) is 66.0 Å². The van der Waals surface area contributed by atoms with Gasteiger partial charge in [-0.15, -0.1) is 0 Å². The molecule has 2 aromatic carbocycles. The molecule has 3 aromatic rings. The third-order valence-corrected chi connectivity index (χ3v) is 3.34. The maximum atomic E-state index is 5.94. The molecule has 106 valence electrons. The molecule has 0 bridgehead atoms. The number of aryl methyl sites for hydroxylation is 1. The highest BCUT2D eigenvalue weighted by Gasteiger charge is 2.04. The van der Waals surface area contributed by atoms with Gasteiger partial charge in [0.1, 0.15) is 18.1 Å². The lowest BCUT2D eigenvalue weighted by Gasteiger charge is -2.10. The summed E-state index contributed by atoms with van der Waals surface area (Å²) in [5.41, 5.74) is 1.78. The normalized spacial score (nSPS) is 10.6. The minimum absolute atomic E-state index is 0.423. The zero-order valence-corrected chi connectivity index (χ0v) is 12.2. The number of hydrogen-bond donors (Lipinski definition) is 0. The molecule has 0 saturated heterocycles. The topological polar surface area (TPSA) is 31.4 Å². The van der Waals surface area contributed by atoms with Gasteiger partial charge in [-0.1, -0.05) is 36.4 Å². The van der Waals surface area contributed by atoms with Gasteiger partial charge >= 0.3 is 0 Å². The van der Waals surface area contributed by atoms with Gasteiger partial charge in [0.15, 0.2) is 0 Å². The van der Waals surface area contributed by atoms with E-state index in [0.717, 1.165) is 28.3 Å². The molecule has 0 fully saturated rings. The number of ether oxygens (including phenoxy) is 2. The lowest BCUT2D eigenvalue weighted by Crippen LogP contribution is -2.00.